The Morgan fingerprint density at radius 2 is 2.06 bits per heavy atom. The third kappa shape index (κ3) is 1.37. The second-order valence-corrected chi connectivity index (χ2v) is 6.69. The Labute approximate surface area is 109 Å². The van der Waals surface area contributed by atoms with Crippen molar-refractivity contribution < 1.29 is 9.84 Å². The second kappa shape index (κ2) is 3.95. The van der Waals surface area contributed by atoms with Gasteiger partial charge in [0.15, 0.2) is 0 Å². The molecule has 0 aromatic heterocycles. The zero-order valence-electron chi connectivity index (χ0n) is 11.4. The molecule has 1 aliphatic carbocycles. The van der Waals surface area contributed by atoms with Gasteiger partial charge in [-0.15, -0.1) is 0 Å². The Hall–Kier alpha value is -0.590. The standard InChI is InChI=1S/C15H23NO2/c1-10-4-3-7-15(17,11(10)2)14(9-16)8-12-5-6-13(14)18-12/h10-13,17H,3-8H2,1-2H3. The molecule has 2 aliphatic heterocycles. The molecule has 0 spiro atoms. The Balaban J connectivity index is 1.99. The molecule has 2 saturated heterocycles. The molecule has 3 nitrogen and oxygen atoms in total. The number of nitrogens with zero attached hydrogens (tertiary/aromatic N) is 1. The minimum Gasteiger partial charge on any atom is -0.388 e. The summed E-state index contributed by atoms with van der Waals surface area (Å²) in [7, 11) is 0. The fraction of sp³-hybridized carbons (Fsp3) is 0.933. The van der Waals surface area contributed by atoms with Crippen LogP contribution in [0.4, 0.5) is 0 Å². The van der Waals surface area contributed by atoms with E-state index in [9.17, 15) is 10.4 Å². The molecule has 18 heavy (non-hydrogen) atoms. The first-order valence-corrected chi connectivity index (χ1v) is 7.32. The van der Waals surface area contributed by atoms with Crippen molar-refractivity contribution in [3.8, 4) is 6.07 Å². The van der Waals surface area contributed by atoms with Crippen molar-refractivity contribution in [2.24, 2.45) is 17.3 Å². The summed E-state index contributed by atoms with van der Waals surface area (Å²) in [6.45, 7) is 4.32. The molecular weight excluding hydrogens is 226 g/mol. The van der Waals surface area contributed by atoms with E-state index < -0.39 is 11.0 Å². The highest BCUT2D eigenvalue weighted by atomic mass is 16.5. The van der Waals surface area contributed by atoms with Gasteiger partial charge in [0.05, 0.1) is 23.9 Å². The van der Waals surface area contributed by atoms with Crippen LogP contribution in [0.5, 0.6) is 0 Å². The van der Waals surface area contributed by atoms with Crippen LogP contribution in [-0.4, -0.2) is 22.9 Å². The lowest BCUT2D eigenvalue weighted by Crippen LogP contribution is -2.59. The van der Waals surface area contributed by atoms with Crippen LogP contribution in [0.25, 0.3) is 0 Å². The number of aliphatic hydroxyl groups is 1. The number of nitriles is 1. The molecule has 6 unspecified atom stereocenters. The summed E-state index contributed by atoms with van der Waals surface area (Å²) in [6.07, 6.45) is 5.88. The predicted octanol–water partition coefficient (Wildman–Crippen LogP) is 2.63. The maximum Gasteiger partial charge on any atom is 0.115 e. The molecule has 2 bridgehead atoms. The van der Waals surface area contributed by atoms with Crippen LogP contribution in [0.3, 0.4) is 0 Å². The average Bonchev–Trinajstić information content (AvgIpc) is 2.96. The van der Waals surface area contributed by atoms with Gasteiger partial charge in [0, 0.05) is 0 Å². The molecule has 0 radical (unpaired) electrons. The Morgan fingerprint density at radius 3 is 2.61 bits per heavy atom. The van der Waals surface area contributed by atoms with Crippen molar-refractivity contribution in [3.05, 3.63) is 0 Å². The number of rotatable bonds is 1. The SMILES string of the molecule is CC1CCCC(O)(C2(C#N)CC3CCC2O3)C1C. The Kier molecular flexibility index (Phi) is 2.73. The molecule has 3 aliphatic rings. The number of ether oxygens (including phenoxy) is 1. The summed E-state index contributed by atoms with van der Waals surface area (Å²) < 4.78 is 5.90. The fourth-order valence-corrected chi connectivity index (χ4v) is 4.65. The summed E-state index contributed by atoms with van der Waals surface area (Å²) >= 11 is 0. The van der Waals surface area contributed by atoms with Gasteiger partial charge in [-0.25, -0.2) is 0 Å². The average molecular weight is 249 g/mol. The zero-order chi connectivity index (χ0) is 13.0. The molecule has 2 heterocycles. The molecule has 3 fully saturated rings. The van der Waals surface area contributed by atoms with E-state index >= 15 is 0 Å². The van der Waals surface area contributed by atoms with Crippen molar-refractivity contribution in [1.82, 2.24) is 0 Å². The van der Waals surface area contributed by atoms with Gasteiger partial charge in [0.25, 0.3) is 0 Å². The third-order valence-electron chi connectivity index (χ3n) is 6.00. The molecule has 1 saturated carbocycles. The van der Waals surface area contributed by atoms with Crippen LogP contribution in [0, 0.1) is 28.6 Å². The van der Waals surface area contributed by atoms with Crippen molar-refractivity contribution in [3.63, 3.8) is 0 Å². The molecule has 0 aromatic rings. The van der Waals surface area contributed by atoms with Gasteiger partial charge in [0.2, 0.25) is 0 Å². The molecule has 6 atom stereocenters. The largest absolute Gasteiger partial charge is 0.388 e. The van der Waals surface area contributed by atoms with Gasteiger partial charge < -0.3 is 9.84 Å². The predicted molar refractivity (Wildman–Crippen MR) is 67.7 cm³/mol. The van der Waals surface area contributed by atoms with Crippen LogP contribution in [-0.2, 0) is 4.74 Å². The first-order chi connectivity index (χ1) is 8.53. The Bertz CT molecular complexity index is 390. The van der Waals surface area contributed by atoms with E-state index in [1.165, 1.54) is 6.42 Å². The summed E-state index contributed by atoms with van der Waals surface area (Å²) in [6, 6.07) is 2.50. The molecule has 3 rings (SSSR count). The fourth-order valence-electron chi connectivity index (χ4n) is 4.65. The lowest BCUT2D eigenvalue weighted by Gasteiger charge is -2.51. The lowest BCUT2D eigenvalue weighted by molar-refractivity contribution is -0.152. The summed E-state index contributed by atoms with van der Waals surface area (Å²) in [5, 5.41) is 21.1. The monoisotopic (exact) mass is 249 g/mol. The van der Waals surface area contributed by atoms with Crippen LogP contribution in [0.2, 0.25) is 0 Å². The summed E-state index contributed by atoms with van der Waals surface area (Å²) in [5.41, 5.74) is -1.50. The van der Waals surface area contributed by atoms with E-state index in [1.807, 2.05) is 0 Å². The van der Waals surface area contributed by atoms with E-state index in [0.717, 1.165) is 32.1 Å². The second-order valence-electron chi connectivity index (χ2n) is 6.69. The summed E-state index contributed by atoms with van der Waals surface area (Å²) in [4.78, 5) is 0. The quantitative estimate of drug-likeness (QED) is 0.777. The first-order valence-electron chi connectivity index (χ1n) is 7.32. The van der Waals surface area contributed by atoms with E-state index in [1.54, 1.807) is 0 Å². The lowest BCUT2D eigenvalue weighted by atomic mass is 9.54. The molecule has 1 N–H and O–H groups in total. The minimum atomic E-state index is -0.848. The van der Waals surface area contributed by atoms with Gasteiger partial charge >= 0.3 is 0 Å². The number of fused-ring (bicyclic) bond motifs is 2. The van der Waals surface area contributed by atoms with Crippen LogP contribution < -0.4 is 0 Å². The van der Waals surface area contributed by atoms with E-state index in [-0.39, 0.29) is 18.1 Å². The highest BCUT2D eigenvalue weighted by Gasteiger charge is 2.65. The van der Waals surface area contributed by atoms with Crippen LogP contribution in [0.15, 0.2) is 0 Å². The molecule has 3 heteroatoms. The highest BCUT2D eigenvalue weighted by molar-refractivity contribution is 5.22. The van der Waals surface area contributed by atoms with E-state index in [0.29, 0.717) is 5.92 Å². The normalized spacial score (nSPS) is 55.4. The van der Waals surface area contributed by atoms with E-state index in [2.05, 4.69) is 19.9 Å². The topological polar surface area (TPSA) is 53.2 Å². The smallest absolute Gasteiger partial charge is 0.115 e. The van der Waals surface area contributed by atoms with Crippen LogP contribution in [0.1, 0.15) is 52.4 Å². The van der Waals surface area contributed by atoms with Gasteiger partial charge in [-0.3, -0.25) is 0 Å². The van der Waals surface area contributed by atoms with Gasteiger partial charge in [-0.1, -0.05) is 26.7 Å². The van der Waals surface area contributed by atoms with Gasteiger partial charge in [0.1, 0.15) is 5.41 Å². The van der Waals surface area contributed by atoms with Gasteiger partial charge in [-0.05, 0) is 37.5 Å². The van der Waals surface area contributed by atoms with Crippen LogP contribution >= 0.6 is 0 Å². The number of hydrogen-bond acceptors (Lipinski definition) is 3. The highest BCUT2D eigenvalue weighted by Crippen LogP contribution is 2.59. The van der Waals surface area contributed by atoms with Gasteiger partial charge in [-0.2, -0.15) is 5.26 Å². The number of hydrogen-bond donors (Lipinski definition) is 1. The molecular formula is C15H23NO2. The maximum absolute atomic E-state index is 11.3. The summed E-state index contributed by atoms with van der Waals surface area (Å²) in [5.74, 6) is 0.682. The molecule has 100 valence electrons. The molecule has 0 amide bonds. The molecule has 0 aromatic carbocycles. The van der Waals surface area contributed by atoms with Crippen molar-refractivity contribution in [2.45, 2.75) is 70.2 Å². The minimum absolute atomic E-state index is 0.0368. The first kappa shape index (κ1) is 12.4. The van der Waals surface area contributed by atoms with Crippen molar-refractivity contribution in [1.29, 1.82) is 5.26 Å². The van der Waals surface area contributed by atoms with Crippen molar-refractivity contribution in [2.75, 3.05) is 0 Å². The maximum atomic E-state index is 11.3. The van der Waals surface area contributed by atoms with E-state index in [4.69, 9.17) is 4.74 Å². The Morgan fingerprint density at radius 1 is 1.28 bits per heavy atom. The van der Waals surface area contributed by atoms with Crippen molar-refractivity contribution >= 4 is 0 Å². The third-order valence-corrected chi connectivity index (χ3v) is 6.00. The zero-order valence-corrected chi connectivity index (χ0v) is 11.4.